The first-order valence-corrected chi connectivity index (χ1v) is 7.28. The highest BCUT2D eigenvalue weighted by molar-refractivity contribution is 6.05. The van der Waals surface area contributed by atoms with Crippen molar-refractivity contribution in [3.05, 3.63) is 46.3 Å². The largest absolute Gasteiger partial charge is 0.360 e. The van der Waals surface area contributed by atoms with Crippen molar-refractivity contribution in [2.24, 2.45) is 0 Å². The van der Waals surface area contributed by atoms with Gasteiger partial charge in [-0.15, -0.1) is 12.4 Å². The summed E-state index contributed by atoms with van der Waals surface area (Å²) in [6.07, 6.45) is 1.69. The van der Waals surface area contributed by atoms with Gasteiger partial charge in [-0.2, -0.15) is 0 Å². The number of hydrogen-bond acceptors (Lipinski definition) is 4. The van der Waals surface area contributed by atoms with Crippen LogP contribution in [0.5, 0.6) is 0 Å². The first kappa shape index (κ1) is 16.5. The van der Waals surface area contributed by atoms with Crippen LogP contribution in [0.25, 0.3) is 0 Å². The average Bonchev–Trinajstić information content (AvgIpc) is 2.88. The van der Waals surface area contributed by atoms with Crippen LogP contribution in [-0.4, -0.2) is 17.6 Å². The predicted molar refractivity (Wildman–Crippen MR) is 87.7 cm³/mol. The van der Waals surface area contributed by atoms with Gasteiger partial charge in [-0.05, 0) is 43.1 Å². The molecule has 0 spiro atoms. The quantitative estimate of drug-likeness (QED) is 0.912. The molecule has 0 unspecified atom stereocenters. The van der Waals surface area contributed by atoms with E-state index in [-0.39, 0.29) is 18.3 Å². The topological polar surface area (TPSA) is 67.2 Å². The molecule has 1 amide bonds. The third-order valence-corrected chi connectivity index (χ3v) is 3.83. The van der Waals surface area contributed by atoms with Gasteiger partial charge in [0.1, 0.15) is 11.3 Å². The number of rotatable bonds is 3. The van der Waals surface area contributed by atoms with Gasteiger partial charge in [0.2, 0.25) is 0 Å². The highest BCUT2D eigenvalue weighted by Crippen LogP contribution is 2.21. The third-order valence-electron chi connectivity index (χ3n) is 3.83. The summed E-state index contributed by atoms with van der Waals surface area (Å²) in [4.78, 5) is 12.4. The number of carbonyl (C=O) groups excluding carboxylic acids is 1. The molecule has 6 heteroatoms. The molecule has 5 nitrogen and oxygen atoms in total. The molecule has 2 aromatic rings. The lowest BCUT2D eigenvalue weighted by Gasteiger charge is -2.18. The number of carbonyl (C=O) groups is 1. The SMILES string of the molecule is CCc1onc(C)c1C(=O)Nc1ccc2c(c1)CNCC2.Cl. The molecule has 0 bridgehead atoms. The molecule has 0 saturated carbocycles. The van der Waals surface area contributed by atoms with Crippen LogP contribution in [0.15, 0.2) is 22.7 Å². The zero-order valence-corrected chi connectivity index (χ0v) is 13.5. The Balaban J connectivity index is 0.00000176. The van der Waals surface area contributed by atoms with Crippen molar-refractivity contribution < 1.29 is 9.32 Å². The van der Waals surface area contributed by atoms with Gasteiger partial charge in [-0.3, -0.25) is 4.79 Å². The highest BCUT2D eigenvalue weighted by Gasteiger charge is 2.19. The van der Waals surface area contributed by atoms with Crippen molar-refractivity contribution in [2.45, 2.75) is 33.2 Å². The van der Waals surface area contributed by atoms with Gasteiger partial charge >= 0.3 is 0 Å². The van der Waals surface area contributed by atoms with Crippen molar-refractivity contribution >= 4 is 24.0 Å². The molecule has 1 aromatic carbocycles. The van der Waals surface area contributed by atoms with Crippen LogP contribution in [0.3, 0.4) is 0 Å². The van der Waals surface area contributed by atoms with Crippen LogP contribution in [-0.2, 0) is 19.4 Å². The van der Waals surface area contributed by atoms with Crippen LogP contribution < -0.4 is 10.6 Å². The minimum atomic E-state index is -0.158. The summed E-state index contributed by atoms with van der Waals surface area (Å²) >= 11 is 0. The number of halogens is 1. The monoisotopic (exact) mass is 321 g/mol. The van der Waals surface area contributed by atoms with E-state index >= 15 is 0 Å². The second kappa shape index (κ2) is 6.94. The second-order valence-corrected chi connectivity index (χ2v) is 5.28. The summed E-state index contributed by atoms with van der Waals surface area (Å²) in [5.74, 6) is 0.471. The molecule has 1 aliphatic rings. The van der Waals surface area contributed by atoms with Crippen LogP contribution >= 0.6 is 12.4 Å². The normalized spacial score (nSPS) is 13.2. The molecule has 2 heterocycles. The van der Waals surface area contributed by atoms with E-state index in [0.717, 1.165) is 25.2 Å². The summed E-state index contributed by atoms with van der Waals surface area (Å²) in [7, 11) is 0. The molecule has 2 N–H and O–H groups in total. The lowest BCUT2D eigenvalue weighted by Crippen LogP contribution is -2.24. The minimum absolute atomic E-state index is 0. The van der Waals surface area contributed by atoms with Gasteiger partial charge in [0.25, 0.3) is 5.91 Å². The Bertz CT molecular complexity index is 682. The van der Waals surface area contributed by atoms with Crippen LogP contribution in [0.1, 0.15) is 39.9 Å². The lowest BCUT2D eigenvalue weighted by atomic mass is 10.0. The van der Waals surface area contributed by atoms with Crippen molar-refractivity contribution in [3.8, 4) is 0 Å². The van der Waals surface area contributed by atoms with E-state index in [1.165, 1.54) is 11.1 Å². The summed E-state index contributed by atoms with van der Waals surface area (Å²) in [6, 6.07) is 6.08. The maximum Gasteiger partial charge on any atom is 0.261 e. The molecule has 1 aliphatic heterocycles. The molecular weight excluding hydrogens is 302 g/mol. The Kier molecular flexibility index (Phi) is 5.21. The number of benzene rings is 1. The van der Waals surface area contributed by atoms with Gasteiger partial charge in [0.15, 0.2) is 0 Å². The van der Waals surface area contributed by atoms with Gasteiger partial charge in [-0.25, -0.2) is 0 Å². The summed E-state index contributed by atoms with van der Waals surface area (Å²) in [5.41, 5.74) is 4.58. The summed E-state index contributed by atoms with van der Waals surface area (Å²) in [6.45, 7) is 5.60. The highest BCUT2D eigenvalue weighted by atomic mass is 35.5. The zero-order chi connectivity index (χ0) is 14.8. The first-order chi connectivity index (χ1) is 10.2. The van der Waals surface area contributed by atoms with E-state index < -0.39 is 0 Å². The molecule has 0 radical (unpaired) electrons. The molecule has 0 saturated heterocycles. The Morgan fingerprint density at radius 2 is 2.23 bits per heavy atom. The van der Waals surface area contributed by atoms with Gasteiger partial charge in [0.05, 0.1) is 5.69 Å². The fourth-order valence-corrected chi connectivity index (χ4v) is 2.70. The van der Waals surface area contributed by atoms with Gasteiger partial charge in [0, 0.05) is 18.7 Å². The Morgan fingerprint density at radius 3 is 3.00 bits per heavy atom. The summed E-state index contributed by atoms with van der Waals surface area (Å²) in [5, 5.41) is 10.2. The van der Waals surface area contributed by atoms with Crippen molar-refractivity contribution in [1.29, 1.82) is 0 Å². The maximum absolute atomic E-state index is 12.4. The molecule has 22 heavy (non-hydrogen) atoms. The Morgan fingerprint density at radius 1 is 1.41 bits per heavy atom. The zero-order valence-electron chi connectivity index (χ0n) is 12.7. The molecule has 0 fully saturated rings. The lowest BCUT2D eigenvalue weighted by molar-refractivity contribution is 0.102. The number of fused-ring (bicyclic) bond motifs is 1. The molecule has 3 rings (SSSR count). The van der Waals surface area contributed by atoms with E-state index in [0.29, 0.717) is 23.4 Å². The van der Waals surface area contributed by atoms with E-state index in [4.69, 9.17) is 4.52 Å². The predicted octanol–water partition coefficient (Wildman–Crippen LogP) is 2.87. The van der Waals surface area contributed by atoms with Crippen molar-refractivity contribution in [1.82, 2.24) is 10.5 Å². The number of anilines is 1. The molecule has 1 aromatic heterocycles. The number of hydrogen-bond donors (Lipinski definition) is 2. The van der Waals surface area contributed by atoms with Crippen LogP contribution in [0.4, 0.5) is 5.69 Å². The fourth-order valence-electron chi connectivity index (χ4n) is 2.70. The molecule has 0 atom stereocenters. The average molecular weight is 322 g/mol. The van der Waals surface area contributed by atoms with E-state index in [9.17, 15) is 4.79 Å². The molecule has 0 aliphatic carbocycles. The Hall–Kier alpha value is -1.85. The second-order valence-electron chi connectivity index (χ2n) is 5.28. The van der Waals surface area contributed by atoms with Gasteiger partial charge in [-0.1, -0.05) is 18.1 Å². The standard InChI is InChI=1S/C16H19N3O2.ClH/c1-3-14-15(10(2)19-21-14)16(20)18-13-5-4-11-6-7-17-9-12(11)8-13;/h4-5,8,17H,3,6-7,9H2,1-2H3,(H,18,20);1H. The van der Waals surface area contributed by atoms with Crippen molar-refractivity contribution in [2.75, 3.05) is 11.9 Å². The fraction of sp³-hybridized carbons (Fsp3) is 0.375. The number of nitrogens with zero attached hydrogens (tertiary/aromatic N) is 1. The van der Waals surface area contributed by atoms with E-state index in [2.05, 4.69) is 21.9 Å². The number of amides is 1. The van der Waals surface area contributed by atoms with Crippen molar-refractivity contribution in [3.63, 3.8) is 0 Å². The number of aryl methyl sites for hydroxylation is 2. The smallest absolute Gasteiger partial charge is 0.261 e. The van der Waals surface area contributed by atoms with E-state index in [1.54, 1.807) is 6.92 Å². The molecular formula is C16H20ClN3O2. The third kappa shape index (κ3) is 3.15. The first-order valence-electron chi connectivity index (χ1n) is 7.28. The number of aromatic nitrogens is 1. The molecule has 118 valence electrons. The maximum atomic E-state index is 12.4. The van der Waals surface area contributed by atoms with Gasteiger partial charge < -0.3 is 15.2 Å². The number of nitrogens with one attached hydrogen (secondary N) is 2. The van der Waals surface area contributed by atoms with Crippen LogP contribution in [0.2, 0.25) is 0 Å². The summed E-state index contributed by atoms with van der Waals surface area (Å²) < 4.78 is 5.17. The van der Waals surface area contributed by atoms with E-state index in [1.807, 2.05) is 19.1 Å². The van der Waals surface area contributed by atoms with Crippen LogP contribution in [0, 0.1) is 6.92 Å². The Labute approximate surface area is 135 Å². The minimum Gasteiger partial charge on any atom is -0.360 e.